The molecular formula is C12H12N2O3. The van der Waals surface area contributed by atoms with E-state index in [1.54, 1.807) is 24.4 Å². The number of nitrogens with one attached hydrogen (secondary N) is 2. The van der Waals surface area contributed by atoms with Gasteiger partial charge in [0.1, 0.15) is 6.04 Å². The molecule has 0 aliphatic carbocycles. The van der Waals surface area contributed by atoms with Crippen LogP contribution in [-0.4, -0.2) is 28.0 Å². The van der Waals surface area contributed by atoms with Crippen LogP contribution in [0, 0.1) is 0 Å². The second kappa shape index (κ2) is 4.29. The Labute approximate surface area is 97.4 Å². The lowest BCUT2D eigenvalue weighted by Crippen LogP contribution is -2.38. The number of carboxylic acid groups (broad SMARTS) is 1. The van der Waals surface area contributed by atoms with E-state index in [9.17, 15) is 9.59 Å². The smallest absolute Gasteiger partial charge is 0.325 e. The van der Waals surface area contributed by atoms with E-state index < -0.39 is 12.0 Å². The number of aromatic nitrogens is 1. The second-order valence-corrected chi connectivity index (χ2v) is 3.81. The maximum absolute atomic E-state index is 11.7. The molecule has 88 valence electrons. The molecule has 0 spiro atoms. The zero-order chi connectivity index (χ0) is 12.4. The summed E-state index contributed by atoms with van der Waals surface area (Å²) in [5.74, 6) is -1.44. The number of amides is 1. The molecule has 0 unspecified atom stereocenters. The van der Waals surface area contributed by atoms with Gasteiger partial charge in [-0.25, -0.2) is 0 Å². The molecule has 5 nitrogen and oxygen atoms in total. The molecule has 0 aliphatic rings. The maximum atomic E-state index is 11.7. The lowest BCUT2D eigenvalue weighted by atomic mass is 10.1. The summed E-state index contributed by atoms with van der Waals surface area (Å²) in [6.45, 7) is 1.43. The number of hydrogen-bond donors (Lipinski definition) is 3. The van der Waals surface area contributed by atoms with Gasteiger partial charge in [-0.15, -0.1) is 0 Å². The highest BCUT2D eigenvalue weighted by Crippen LogP contribution is 2.14. The fourth-order valence-electron chi connectivity index (χ4n) is 1.54. The number of H-pyrrole nitrogens is 1. The van der Waals surface area contributed by atoms with Gasteiger partial charge in [-0.2, -0.15) is 0 Å². The van der Waals surface area contributed by atoms with Gasteiger partial charge < -0.3 is 15.4 Å². The molecule has 0 aliphatic heterocycles. The van der Waals surface area contributed by atoms with Crippen LogP contribution in [0.25, 0.3) is 10.9 Å². The second-order valence-electron chi connectivity index (χ2n) is 3.81. The summed E-state index contributed by atoms with van der Waals surface area (Å²) in [6, 6.07) is 6.12. The quantitative estimate of drug-likeness (QED) is 0.747. The van der Waals surface area contributed by atoms with Crippen molar-refractivity contribution in [3.63, 3.8) is 0 Å². The van der Waals surface area contributed by atoms with E-state index in [-0.39, 0.29) is 5.91 Å². The van der Waals surface area contributed by atoms with E-state index in [1.807, 2.05) is 6.07 Å². The van der Waals surface area contributed by atoms with Crippen molar-refractivity contribution in [1.29, 1.82) is 0 Å². The van der Waals surface area contributed by atoms with E-state index in [0.717, 1.165) is 10.9 Å². The number of rotatable bonds is 3. The van der Waals surface area contributed by atoms with Gasteiger partial charge >= 0.3 is 5.97 Å². The summed E-state index contributed by atoms with van der Waals surface area (Å²) in [7, 11) is 0. The summed E-state index contributed by atoms with van der Waals surface area (Å²) in [5, 5.41) is 12.0. The molecule has 0 bridgehead atoms. The topological polar surface area (TPSA) is 82.2 Å². The maximum Gasteiger partial charge on any atom is 0.325 e. The lowest BCUT2D eigenvalue weighted by Gasteiger charge is -2.09. The molecule has 0 saturated carbocycles. The number of carbonyl (C=O) groups excluding carboxylic acids is 1. The average Bonchev–Trinajstić information content (AvgIpc) is 2.75. The van der Waals surface area contributed by atoms with Gasteiger partial charge in [0.15, 0.2) is 0 Å². The van der Waals surface area contributed by atoms with Gasteiger partial charge in [-0.05, 0) is 31.2 Å². The summed E-state index contributed by atoms with van der Waals surface area (Å²) >= 11 is 0. The highest BCUT2D eigenvalue weighted by atomic mass is 16.4. The molecule has 3 N–H and O–H groups in total. The summed E-state index contributed by atoms with van der Waals surface area (Å²) < 4.78 is 0. The van der Waals surface area contributed by atoms with Crippen LogP contribution in [0.15, 0.2) is 30.5 Å². The molecule has 1 aromatic carbocycles. The molecule has 1 atom stereocenters. The largest absolute Gasteiger partial charge is 0.480 e. The monoisotopic (exact) mass is 232 g/mol. The lowest BCUT2D eigenvalue weighted by molar-refractivity contribution is -0.138. The standard InChI is InChI=1S/C12H12N2O3/c1-7(12(16)17)14-11(15)9-2-3-10-8(6-9)4-5-13-10/h2-7,13H,1H3,(H,14,15)(H,16,17)/t7-/m0/s1. The first-order valence-corrected chi connectivity index (χ1v) is 5.19. The van der Waals surface area contributed by atoms with E-state index >= 15 is 0 Å². The van der Waals surface area contributed by atoms with Crippen molar-refractivity contribution in [1.82, 2.24) is 10.3 Å². The Kier molecular flexibility index (Phi) is 2.82. The third kappa shape index (κ3) is 2.28. The number of hydrogen-bond acceptors (Lipinski definition) is 2. The molecule has 5 heteroatoms. The van der Waals surface area contributed by atoms with Gasteiger partial charge in [0.25, 0.3) is 5.91 Å². The molecule has 1 amide bonds. The summed E-state index contributed by atoms with van der Waals surface area (Å²) in [6.07, 6.45) is 1.78. The van der Waals surface area contributed by atoms with Crippen LogP contribution in [0.3, 0.4) is 0 Å². The Morgan fingerprint density at radius 3 is 2.82 bits per heavy atom. The number of aliphatic carboxylic acids is 1. The van der Waals surface area contributed by atoms with Crippen LogP contribution in [-0.2, 0) is 4.79 Å². The molecule has 2 rings (SSSR count). The third-order valence-corrected chi connectivity index (χ3v) is 2.53. The number of aromatic amines is 1. The minimum Gasteiger partial charge on any atom is -0.480 e. The fourth-order valence-corrected chi connectivity index (χ4v) is 1.54. The fraction of sp³-hybridized carbons (Fsp3) is 0.167. The van der Waals surface area contributed by atoms with E-state index in [1.165, 1.54) is 6.92 Å². The molecule has 1 heterocycles. The Hall–Kier alpha value is -2.30. The predicted octanol–water partition coefficient (Wildman–Crippen LogP) is 1.37. The first-order chi connectivity index (χ1) is 8.08. The van der Waals surface area contributed by atoms with E-state index in [4.69, 9.17) is 5.11 Å². The van der Waals surface area contributed by atoms with Gasteiger partial charge in [-0.3, -0.25) is 9.59 Å². The van der Waals surface area contributed by atoms with Crippen molar-refractivity contribution < 1.29 is 14.7 Å². The Bertz CT molecular complexity index is 574. The molecule has 0 saturated heterocycles. The van der Waals surface area contributed by atoms with Crippen molar-refractivity contribution >= 4 is 22.8 Å². The minimum absolute atomic E-state index is 0.386. The Morgan fingerprint density at radius 2 is 2.12 bits per heavy atom. The highest BCUT2D eigenvalue weighted by molar-refractivity contribution is 5.99. The summed E-state index contributed by atoms with van der Waals surface area (Å²) in [4.78, 5) is 25.4. The van der Waals surface area contributed by atoms with Crippen molar-refractivity contribution in [3.05, 3.63) is 36.0 Å². The minimum atomic E-state index is -1.05. The van der Waals surface area contributed by atoms with Gasteiger partial charge in [0.2, 0.25) is 0 Å². The van der Waals surface area contributed by atoms with Gasteiger partial charge in [0, 0.05) is 22.7 Å². The molecule has 17 heavy (non-hydrogen) atoms. The van der Waals surface area contributed by atoms with Crippen LogP contribution in [0.2, 0.25) is 0 Å². The number of fused-ring (bicyclic) bond motifs is 1. The average molecular weight is 232 g/mol. The first-order valence-electron chi connectivity index (χ1n) is 5.19. The Balaban J connectivity index is 2.21. The van der Waals surface area contributed by atoms with Gasteiger partial charge in [0.05, 0.1) is 0 Å². The van der Waals surface area contributed by atoms with Crippen LogP contribution >= 0.6 is 0 Å². The van der Waals surface area contributed by atoms with Gasteiger partial charge in [-0.1, -0.05) is 0 Å². The van der Waals surface area contributed by atoms with Crippen molar-refractivity contribution in [2.24, 2.45) is 0 Å². The highest BCUT2D eigenvalue weighted by Gasteiger charge is 2.15. The Morgan fingerprint density at radius 1 is 1.35 bits per heavy atom. The normalized spacial score (nSPS) is 12.3. The molecule has 0 radical (unpaired) electrons. The number of benzene rings is 1. The number of carbonyl (C=O) groups is 2. The van der Waals surface area contributed by atoms with E-state index in [2.05, 4.69) is 10.3 Å². The molecule has 0 fully saturated rings. The van der Waals surface area contributed by atoms with E-state index in [0.29, 0.717) is 5.56 Å². The van der Waals surface area contributed by atoms with Crippen LogP contribution in [0.1, 0.15) is 17.3 Å². The van der Waals surface area contributed by atoms with Crippen LogP contribution in [0.5, 0.6) is 0 Å². The third-order valence-electron chi connectivity index (χ3n) is 2.53. The SMILES string of the molecule is C[C@H](NC(=O)c1ccc2[nH]ccc2c1)C(=O)O. The molecular weight excluding hydrogens is 220 g/mol. The molecule has 1 aromatic heterocycles. The predicted molar refractivity (Wildman–Crippen MR) is 62.9 cm³/mol. The number of carboxylic acids is 1. The zero-order valence-corrected chi connectivity index (χ0v) is 9.23. The summed E-state index contributed by atoms with van der Waals surface area (Å²) in [5.41, 5.74) is 1.39. The van der Waals surface area contributed by atoms with Crippen molar-refractivity contribution in [2.45, 2.75) is 13.0 Å². The van der Waals surface area contributed by atoms with Crippen molar-refractivity contribution in [2.75, 3.05) is 0 Å². The van der Waals surface area contributed by atoms with Crippen LogP contribution < -0.4 is 5.32 Å². The van der Waals surface area contributed by atoms with Crippen molar-refractivity contribution in [3.8, 4) is 0 Å². The zero-order valence-electron chi connectivity index (χ0n) is 9.23. The molecule has 2 aromatic rings. The first kappa shape index (κ1) is 11.2. The van der Waals surface area contributed by atoms with Crippen LogP contribution in [0.4, 0.5) is 0 Å².